The van der Waals surface area contributed by atoms with E-state index in [0.29, 0.717) is 32.1 Å². The van der Waals surface area contributed by atoms with Gasteiger partial charge in [0.2, 0.25) is 5.91 Å². The number of rotatable bonds is 16. The summed E-state index contributed by atoms with van der Waals surface area (Å²) in [7, 11) is 0. The van der Waals surface area contributed by atoms with Gasteiger partial charge in [-0.05, 0) is 77.7 Å². The van der Waals surface area contributed by atoms with Crippen LogP contribution in [0.15, 0.2) is 24.3 Å². The molecule has 0 aromatic heterocycles. The predicted molar refractivity (Wildman–Crippen MR) is 152 cm³/mol. The Labute approximate surface area is 243 Å². The van der Waals surface area contributed by atoms with Crippen molar-refractivity contribution in [3.8, 4) is 0 Å². The summed E-state index contributed by atoms with van der Waals surface area (Å²) in [5.41, 5.74) is -2.05. The van der Waals surface area contributed by atoms with E-state index < -0.39 is 41.1 Å². The molecule has 0 radical (unpaired) electrons. The number of Topliss-reactive ketones (excluding diaryl/α,β-unsaturated/α-hetero) is 1. The zero-order valence-corrected chi connectivity index (χ0v) is 25.7. The number of ketones is 2. The van der Waals surface area contributed by atoms with Crippen LogP contribution >= 0.6 is 0 Å². The molecule has 2 aliphatic rings. The highest BCUT2D eigenvalue weighted by Gasteiger charge is 2.43. The predicted octanol–water partition coefficient (Wildman–Crippen LogP) is 3.56. The average molecular weight is 575 g/mol. The average Bonchev–Trinajstić information content (AvgIpc) is 3.18. The van der Waals surface area contributed by atoms with Crippen LogP contribution in [0.1, 0.15) is 87.5 Å². The SMILES string of the molecule is CC(C)CC(C(=O)OC(C)(C)CCCCOC(C)(C)C(=O)C(CC(C)C)N1C(=O)C=CC1=O)N1CC(=O)C=CC1=O. The van der Waals surface area contributed by atoms with Crippen LogP contribution in [0, 0.1) is 11.8 Å². The minimum atomic E-state index is -1.22. The van der Waals surface area contributed by atoms with E-state index in [-0.39, 0.29) is 42.5 Å². The van der Waals surface area contributed by atoms with Gasteiger partial charge in [0.25, 0.3) is 11.8 Å². The molecule has 0 saturated heterocycles. The largest absolute Gasteiger partial charge is 0.458 e. The molecule has 2 unspecified atom stereocenters. The molecule has 0 aliphatic carbocycles. The lowest BCUT2D eigenvalue weighted by Gasteiger charge is -2.34. The third kappa shape index (κ3) is 9.73. The second-order valence-corrected chi connectivity index (χ2v) is 12.8. The summed E-state index contributed by atoms with van der Waals surface area (Å²) < 4.78 is 11.8. The summed E-state index contributed by atoms with van der Waals surface area (Å²) in [6, 6.07) is -1.76. The zero-order chi connectivity index (χ0) is 31.1. The number of carbonyl (C=O) groups is 6. The first-order valence-corrected chi connectivity index (χ1v) is 14.4. The highest BCUT2D eigenvalue weighted by atomic mass is 16.6. The quantitative estimate of drug-likeness (QED) is 0.156. The fraction of sp³-hybridized carbons (Fsp3) is 0.677. The topological polar surface area (TPSA) is 127 Å². The van der Waals surface area contributed by atoms with Crippen molar-refractivity contribution in [2.75, 3.05) is 13.2 Å². The van der Waals surface area contributed by atoms with Gasteiger partial charge < -0.3 is 14.4 Å². The molecule has 2 atom stereocenters. The number of esters is 1. The third-order valence-corrected chi connectivity index (χ3v) is 7.12. The van der Waals surface area contributed by atoms with Crippen LogP contribution in [-0.4, -0.2) is 81.5 Å². The lowest BCUT2D eigenvalue weighted by atomic mass is 9.90. The van der Waals surface area contributed by atoms with Crippen molar-refractivity contribution < 1.29 is 38.2 Å². The maximum absolute atomic E-state index is 13.4. The van der Waals surface area contributed by atoms with Gasteiger partial charge in [-0.2, -0.15) is 0 Å². The molecule has 41 heavy (non-hydrogen) atoms. The highest BCUT2D eigenvalue weighted by Crippen LogP contribution is 2.26. The molecular weight excluding hydrogens is 528 g/mol. The van der Waals surface area contributed by atoms with Crippen LogP contribution in [0.3, 0.4) is 0 Å². The number of ether oxygens (including phenoxy) is 2. The Kier molecular flexibility index (Phi) is 11.8. The van der Waals surface area contributed by atoms with Crippen LogP contribution in [0.25, 0.3) is 0 Å². The second kappa shape index (κ2) is 14.2. The van der Waals surface area contributed by atoms with Gasteiger partial charge in [-0.1, -0.05) is 27.7 Å². The van der Waals surface area contributed by atoms with Crippen molar-refractivity contribution in [1.29, 1.82) is 0 Å². The first-order valence-electron chi connectivity index (χ1n) is 14.4. The van der Waals surface area contributed by atoms with Crippen molar-refractivity contribution in [3.63, 3.8) is 0 Å². The Hall–Kier alpha value is -3.14. The standard InChI is InChI=1S/C31H46N2O8/c1-20(2)17-23(33-26(36)13-14-27(33)37)28(38)31(7,8)40-16-10-9-15-30(5,6)41-29(39)24(18-21(3)4)32-19-22(34)11-12-25(32)35/h11-14,20-21,23-24H,9-10,15-19H2,1-8H3. The lowest BCUT2D eigenvalue weighted by Crippen LogP contribution is -2.53. The molecule has 0 saturated carbocycles. The van der Waals surface area contributed by atoms with Crippen LogP contribution in [0.5, 0.6) is 0 Å². The fourth-order valence-corrected chi connectivity index (χ4v) is 4.96. The Morgan fingerprint density at radius 1 is 0.805 bits per heavy atom. The molecular formula is C31H46N2O8. The van der Waals surface area contributed by atoms with Gasteiger partial charge in [-0.25, -0.2) is 4.79 Å². The normalized spacial score (nSPS) is 17.7. The summed E-state index contributed by atoms with van der Waals surface area (Å²) >= 11 is 0. The molecule has 0 fully saturated rings. The maximum Gasteiger partial charge on any atom is 0.329 e. The lowest BCUT2D eigenvalue weighted by molar-refractivity contribution is -0.167. The molecule has 0 aromatic carbocycles. The van der Waals surface area contributed by atoms with Gasteiger partial charge in [-0.15, -0.1) is 0 Å². The smallest absolute Gasteiger partial charge is 0.329 e. The van der Waals surface area contributed by atoms with E-state index in [0.717, 1.165) is 4.90 Å². The molecule has 228 valence electrons. The van der Waals surface area contributed by atoms with E-state index in [1.54, 1.807) is 27.7 Å². The first-order chi connectivity index (χ1) is 18.9. The molecule has 0 N–H and O–H groups in total. The summed E-state index contributed by atoms with van der Waals surface area (Å²) in [6.45, 7) is 14.7. The summed E-state index contributed by atoms with van der Waals surface area (Å²) in [6.07, 6.45) is 7.21. The molecule has 2 rings (SSSR count). The van der Waals surface area contributed by atoms with Crippen molar-refractivity contribution in [2.45, 2.75) is 111 Å². The molecule has 3 amide bonds. The summed E-state index contributed by atoms with van der Waals surface area (Å²) in [4.78, 5) is 77.8. The minimum Gasteiger partial charge on any atom is -0.458 e. The molecule has 0 aromatic rings. The Morgan fingerprint density at radius 3 is 1.90 bits per heavy atom. The van der Waals surface area contributed by atoms with Crippen molar-refractivity contribution >= 4 is 35.3 Å². The number of unbranched alkanes of at least 4 members (excludes halogenated alkanes) is 1. The van der Waals surface area contributed by atoms with Gasteiger partial charge in [0.1, 0.15) is 23.3 Å². The van der Waals surface area contributed by atoms with E-state index in [9.17, 15) is 28.8 Å². The number of imide groups is 1. The zero-order valence-electron chi connectivity index (χ0n) is 25.7. The van der Waals surface area contributed by atoms with E-state index in [1.165, 1.54) is 29.2 Å². The van der Waals surface area contributed by atoms with Gasteiger partial charge in [0.05, 0.1) is 6.54 Å². The molecule has 10 heteroatoms. The number of nitrogens with zero attached hydrogens (tertiary/aromatic N) is 2. The second-order valence-electron chi connectivity index (χ2n) is 12.8. The van der Waals surface area contributed by atoms with Crippen molar-refractivity contribution in [3.05, 3.63) is 24.3 Å². The van der Waals surface area contributed by atoms with Crippen molar-refractivity contribution in [2.24, 2.45) is 11.8 Å². The highest BCUT2D eigenvalue weighted by molar-refractivity contribution is 6.15. The van der Waals surface area contributed by atoms with Crippen LogP contribution in [0.2, 0.25) is 0 Å². The molecule has 2 heterocycles. The van der Waals surface area contributed by atoms with Crippen LogP contribution < -0.4 is 0 Å². The summed E-state index contributed by atoms with van der Waals surface area (Å²) in [5.74, 6) is -2.30. The molecule has 10 nitrogen and oxygen atoms in total. The van der Waals surface area contributed by atoms with Gasteiger partial charge in [0, 0.05) is 24.8 Å². The first kappa shape index (κ1) is 34.1. The molecule has 0 spiro atoms. The Morgan fingerprint density at radius 2 is 1.34 bits per heavy atom. The van der Waals surface area contributed by atoms with Crippen molar-refractivity contribution in [1.82, 2.24) is 9.80 Å². The van der Waals surface area contributed by atoms with E-state index in [1.807, 2.05) is 27.7 Å². The number of carbonyl (C=O) groups excluding carboxylic acids is 6. The minimum absolute atomic E-state index is 0.0796. The van der Waals surface area contributed by atoms with Gasteiger partial charge >= 0.3 is 5.97 Å². The third-order valence-electron chi connectivity index (χ3n) is 7.12. The van der Waals surface area contributed by atoms with Gasteiger partial charge in [0.15, 0.2) is 11.6 Å². The number of hydrogen-bond acceptors (Lipinski definition) is 8. The van der Waals surface area contributed by atoms with Gasteiger partial charge in [-0.3, -0.25) is 28.9 Å². The molecule has 2 aliphatic heterocycles. The Bertz CT molecular complexity index is 1070. The monoisotopic (exact) mass is 574 g/mol. The fourth-order valence-electron chi connectivity index (χ4n) is 4.96. The van der Waals surface area contributed by atoms with E-state index in [4.69, 9.17) is 9.47 Å². The Balaban J connectivity index is 1.92. The summed E-state index contributed by atoms with van der Waals surface area (Å²) in [5, 5.41) is 0. The number of hydrogen-bond donors (Lipinski definition) is 0. The molecule has 0 bridgehead atoms. The van der Waals surface area contributed by atoms with Crippen LogP contribution in [-0.2, 0) is 38.2 Å². The maximum atomic E-state index is 13.4. The number of amides is 3. The van der Waals surface area contributed by atoms with E-state index in [2.05, 4.69) is 0 Å². The van der Waals surface area contributed by atoms with E-state index >= 15 is 0 Å². The van der Waals surface area contributed by atoms with Crippen LogP contribution in [0.4, 0.5) is 0 Å².